The predicted octanol–water partition coefficient (Wildman–Crippen LogP) is 4.69. The quantitative estimate of drug-likeness (QED) is 0.635. The van der Waals surface area contributed by atoms with Gasteiger partial charge in [0.1, 0.15) is 0 Å². The van der Waals surface area contributed by atoms with Gasteiger partial charge >= 0.3 is 108 Å². The van der Waals surface area contributed by atoms with Crippen molar-refractivity contribution >= 4 is 41.7 Å². The van der Waals surface area contributed by atoms with E-state index in [4.69, 9.17) is 0 Å². The van der Waals surface area contributed by atoms with Crippen LogP contribution in [0.2, 0.25) is 19.6 Å². The van der Waals surface area contributed by atoms with E-state index >= 15 is 0 Å². The summed E-state index contributed by atoms with van der Waals surface area (Å²) < 4.78 is 1.49. The third kappa shape index (κ3) is 4.21. The topological polar surface area (TPSA) is 0 Å². The third-order valence-corrected chi connectivity index (χ3v) is 4.61. The molecular formula is C13H17Cl2SiZr. The second-order valence-corrected chi connectivity index (χ2v) is 11.4. The summed E-state index contributed by atoms with van der Waals surface area (Å²) in [5.41, 5.74) is 6.84. The molecule has 0 aromatic heterocycles. The summed E-state index contributed by atoms with van der Waals surface area (Å²) in [7, 11) is -1.12. The Hall–Kier alpha value is 0.380. The maximum absolute atomic E-state index is 2.50. The van der Waals surface area contributed by atoms with Gasteiger partial charge in [0.2, 0.25) is 0 Å². The van der Waals surface area contributed by atoms with E-state index in [-0.39, 0.29) is 24.8 Å². The van der Waals surface area contributed by atoms with E-state index in [9.17, 15) is 0 Å². The molecule has 0 bridgehead atoms. The van der Waals surface area contributed by atoms with Gasteiger partial charge in [-0.1, -0.05) is 0 Å². The van der Waals surface area contributed by atoms with Crippen molar-refractivity contribution < 1.29 is 24.7 Å². The molecule has 0 heterocycles. The molecule has 1 aromatic rings. The number of hydrogen-bond acceptors (Lipinski definition) is 0. The van der Waals surface area contributed by atoms with E-state index < -0.39 is 8.07 Å². The zero-order valence-electron chi connectivity index (χ0n) is 10.3. The molecule has 17 heavy (non-hydrogen) atoms. The molecule has 0 saturated carbocycles. The third-order valence-electron chi connectivity index (χ3n) is 2.42. The number of rotatable bonds is 1. The van der Waals surface area contributed by atoms with E-state index in [0.717, 1.165) is 0 Å². The molecule has 0 aliphatic heterocycles. The maximum Gasteiger partial charge on any atom is -0.147 e. The molecule has 0 fully saturated rings. The zero-order chi connectivity index (χ0) is 11.1. The SMILES string of the molecule is C[Si](C)(C)C=C1C=[C]([Zr])c2ccccc21.Cl.Cl. The number of fused-ring (bicyclic) bond motifs is 1. The molecule has 0 nitrogen and oxygen atoms in total. The van der Waals surface area contributed by atoms with Crippen molar-refractivity contribution in [2.45, 2.75) is 19.6 Å². The van der Waals surface area contributed by atoms with Gasteiger partial charge in [0.15, 0.2) is 0 Å². The Morgan fingerprint density at radius 3 is 2.06 bits per heavy atom. The second kappa shape index (κ2) is 6.52. The van der Waals surface area contributed by atoms with Gasteiger partial charge in [0.25, 0.3) is 0 Å². The van der Waals surface area contributed by atoms with Crippen LogP contribution in [0.15, 0.2) is 36.0 Å². The minimum Gasteiger partial charge on any atom is -0.147 e. The normalized spacial score (nSPS) is 15.6. The molecule has 0 unspecified atom stereocenters. The molecule has 0 spiro atoms. The van der Waals surface area contributed by atoms with Crippen molar-refractivity contribution in [3.05, 3.63) is 47.2 Å². The van der Waals surface area contributed by atoms with Crippen LogP contribution in [0.3, 0.4) is 0 Å². The monoisotopic (exact) mass is 361 g/mol. The smallest absolute Gasteiger partial charge is 0.147 e. The molecule has 4 heteroatoms. The first-order valence-electron chi connectivity index (χ1n) is 5.23. The average Bonchev–Trinajstić information content (AvgIpc) is 2.42. The van der Waals surface area contributed by atoms with Gasteiger partial charge < -0.3 is 0 Å². The molecule has 2 rings (SSSR count). The molecule has 0 saturated heterocycles. The van der Waals surface area contributed by atoms with Crippen LogP contribution >= 0.6 is 24.8 Å². The van der Waals surface area contributed by atoms with Crippen molar-refractivity contribution in [1.29, 1.82) is 0 Å². The molecule has 0 radical (unpaired) electrons. The molecule has 0 amide bonds. The minimum absolute atomic E-state index is 0. The molecular weight excluding hydrogens is 346 g/mol. The maximum atomic E-state index is 2.50. The minimum atomic E-state index is -1.12. The number of hydrogen-bond donors (Lipinski definition) is 0. The summed E-state index contributed by atoms with van der Waals surface area (Å²) in [6.45, 7) is 7.16. The number of benzene rings is 1. The Morgan fingerprint density at radius 1 is 1.00 bits per heavy atom. The van der Waals surface area contributed by atoms with E-state index in [2.05, 4.69) is 55.7 Å². The number of halogens is 2. The molecule has 1 aromatic carbocycles. The Bertz CT molecular complexity index is 459. The van der Waals surface area contributed by atoms with Gasteiger partial charge in [-0.3, -0.25) is 0 Å². The van der Waals surface area contributed by atoms with Gasteiger partial charge in [-0.05, 0) is 0 Å². The van der Waals surface area contributed by atoms with Crippen LogP contribution in [-0.2, 0) is 24.7 Å². The van der Waals surface area contributed by atoms with Crippen molar-refractivity contribution in [3.63, 3.8) is 0 Å². The molecule has 0 atom stereocenters. The summed E-state index contributed by atoms with van der Waals surface area (Å²) in [6, 6.07) is 8.75. The first-order valence-corrected chi connectivity index (χ1v) is 10.0. The van der Waals surface area contributed by atoms with Gasteiger partial charge in [-0.25, -0.2) is 0 Å². The van der Waals surface area contributed by atoms with E-state index in [1.807, 2.05) is 0 Å². The van der Waals surface area contributed by atoms with Gasteiger partial charge in [-0.2, -0.15) is 0 Å². The fourth-order valence-corrected chi connectivity index (χ4v) is 3.96. The van der Waals surface area contributed by atoms with Gasteiger partial charge in [0.05, 0.1) is 0 Å². The molecule has 1 aliphatic carbocycles. The van der Waals surface area contributed by atoms with Crippen LogP contribution in [0.4, 0.5) is 0 Å². The average molecular weight is 363 g/mol. The van der Waals surface area contributed by atoms with E-state index in [1.165, 1.54) is 44.7 Å². The fourth-order valence-electron chi connectivity index (χ4n) is 1.87. The molecule has 1 aliphatic rings. The van der Waals surface area contributed by atoms with E-state index in [0.29, 0.717) is 0 Å². The van der Waals surface area contributed by atoms with Crippen molar-refractivity contribution in [2.75, 3.05) is 0 Å². The summed E-state index contributed by atoms with van der Waals surface area (Å²) in [6.07, 6.45) is 2.36. The summed E-state index contributed by atoms with van der Waals surface area (Å²) >= 11 is 1.52. The summed E-state index contributed by atoms with van der Waals surface area (Å²) in [5, 5.41) is 0. The van der Waals surface area contributed by atoms with Crippen LogP contribution in [-0.4, -0.2) is 8.07 Å². The zero-order valence-corrected chi connectivity index (χ0v) is 15.4. The number of allylic oxidation sites excluding steroid dienone is 2. The van der Waals surface area contributed by atoms with Crippen LogP contribution in [0.25, 0.3) is 8.85 Å². The standard InChI is InChI=1S/C13H15Si.2ClH.Zr/c1-14(2,3)10-12-9-8-11-6-4-5-7-13(11)12;;;/h4-7,9-10H,1-3H3;2*1H;. The van der Waals surface area contributed by atoms with Crippen LogP contribution < -0.4 is 0 Å². The van der Waals surface area contributed by atoms with Crippen LogP contribution in [0.1, 0.15) is 11.1 Å². The fraction of sp³-hybridized carbons (Fsp3) is 0.231. The molecule has 0 N–H and O–H groups in total. The largest absolute Gasteiger partial charge is 0.147 e. The first kappa shape index (κ1) is 17.4. The van der Waals surface area contributed by atoms with Crippen LogP contribution in [0.5, 0.6) is 0 Å². The summed E-state index contributed by atoms with van der Waals surface area (Å²) in [5.74, 6) is 0. The predicted molar refractivity (Wildman–Crippen MR) is 80.2 cm³/mol. The first-order chi connectivity index (χ1) is 6.97. The Morgan fingerprint density at radius 2 is 1.53 bits per heavy atom. The van der Waals surface area contributed by atoms with Crippen LogP contribution in [0, 0.1) is 0 Å². The second-order valence-electron chi connectivity index (χ2n) is 5.07. The summed E-state index contributed by atoms with van der Waals surface area (Å²) in [4.78, 5) is 0. The Balaban J connectivity index is 0.00000128. The van der Waals surface area contributed by atoms with Gasteiger partial charge in [0, 0.05) is 0 Å². The van der Waals surface area contributed by atoms with Crippen molar-refractivity contribution in [1.82, 2.24) is 0 Å². The Kier molecular flexibility index (Phi) is 6.66. The van der Waals surface area contributed by atoms with Gasteiger partial charge in [-0.15, -0.1) is 24.8 Å². The molecule has 91 valence electrons. The van der Waals surface area contributed by atoms with Crippen molar-refractivity contribution in [2.24, 2.45) is 0 Å². The van der Waals surface area contributed by atoms with Crippen molar-refractivity contribution in [3.8, 4) is 0 Å². The van der Waals surface area contributed by atoms with E-state index in [1.54, 1.807) is 0 Å². The Labute approximate surface area is 132 Å².